The van der Waals surface area contributed by atoms with Gasteiger partial charge in [-0.15, -0.1) is 0 Å². The summed E-state index contributed by atoms with van der Waals surface area (Å²) in [5.41, 5.74) is 3.06. The van der Waals surface area contributed by atoms with Gasteiger partial charge in [0.2, 0.25) is 5.91 Å². The van der Waals surface area contributed by atoms with Crippen LogP contribution < -0.4 is 10.6 Å². The van der Waals surface area contributed by atoms with Gasteiger partial charge in [0, 0.05) is 19.2 Å². The Morgan fingerprint density at radius 3 is 2.19 bits per heavy atom. The molecule has 1 saturated heterocycles. The first-order valence-corrected chi connectivity index (χ1v) is 9.07. The number of nitrogens with zero attached hydrogens (tertiary/aromatic N) is 3. The molecule has 0 saturated carbocycles. The Balaban J connectivity index is 1.76. The smallest absolute Gasteiger partial charge is 0.276 e. The molecule has 1 amide bonds. The number of para-hydroxylation sites is 2. The molecule has 0 aliphatic carbocycles. The number of aromatic nitrogens is 2. The normalized spacial score (nSPS) is 16.7. The molecule has 1 atom stereocenters. The van der Waals surface area contributed by atoms with Gasteiger partial charge < -0.3 is 0 Å². The molecule has 6 nitrogen and oxygen atoms in total. The Bertz CT molecular complexity index is 1010. The summed E-state index contributed by atoms with van der Waals surface area (Å²) in [7, 11) is 0. The van der Waals surface area contributed by atoms with E-state index in [2.05, 4.69) is 5.10 Å². The van der Waals surface area contributed by atoms with Crippen LogP contribution in [0.2, 0.25) is 0 Å². The van der Waals surface area contributed by atoms with E-state index in [0.717, 1.165) is 17.1 Å². The summed E-state index contributed by atoms with van der Waals surface area (Å²) in [6, 6.07) is 19.0. The summed E-state index contributed by atoms with van der Waals surface area (Å²) >= 11 is 0. The van der Waals surface area contributed by atoms with Gasteiger partial charge in [0.05, 0.1) is 23.0 Å². The fraction of sp³-hybridized carbons (Fsp3) is 0.238. The van der Waals surface area contributed by atoms with Crippen LogP contribution in [0, 0.1) is 6.92 Å². The lowest BCUT2D eigenvalue weighted by Gasteiger charge is -2.32. The lowest BCUT2D eigenvalue weighted by atomic mass is 10.1. The van der Waals surface area contributed by atoms with Gasteiger partial charge in [-0.1, -0.05) is 36.4 Å². The van der Waals surface area contributed by atoms with Gasteiger partial charge in [-0.3, -0.25) is 19.7 Å². The number of aromatic amines is 1. The van der Waals surface area contributed by atoms with Crippen molar-refractivity contribution in [2.45, 2.75) is 26.3 Å². The summed E-state index contributed by atoms with van der Waals surface area (Å²) in [5.74, 6) is -0.0763. The predicted molar refractivity (Wildman–Crippen MR) is 105 cm³/mol. The number of amides is 1. The van der Waals surface area contributed by atoms with Crippen LogP contribution in [0.5, 0.6) is 0 Å². The molecule has 0 unspecified atom stereocenters. The summed E-state index contributed by atoms with van der Waals surface area (Å²) in [4.78, 5) is 25.6. The van der Waals surface area contributed by atoms with Gasteiger partial charge in [0.15, 0.2) is 0 Å². The van der Waals surface area contributed by atoms with Crippen LogP contribution in [-0.2, 0) is 4.79 Å². The lowest BCUT2D eigenvalue weighted by Crippen LogP contribution is -2.42. The monoisotopic (exact) mass is 362 g/mol. The van der Waals surface area contributed by atoms with Crippen LogP contribution in [0.15, 0.2) is 65.5 Å². The average Bonchev–Trinajstić information content (AvgIpc) is 3.24. The minimum absolute atomic E-state index is 0.0763. The Labute approximate surface area is 157 Å². The van der Waals surface area contributed by atoms with E-state index in [1.807, 2.05) is 72.6 Å². The average molecular weight is 362 g/mol. The van der Waals surface area contributed by atoms with E-state index in [4.69, 9.17) is 0 Å². The van der Waals surface area contributed by atoms with Gasteiger partial charge in [0.25, 0.3) is 5.56 Å². The molecule has 1 aliphatic rings. The van der Waals surface area contributed by atoms with E-state index in [1.165, 1.54) is 0 Å². The fourth-order valence-corrected chi connectivity index (χ4v) is 3.86. The van der Waals surface area contributed by atoms with Crippen LogP contribution >= 0.6 is 0 Å². The second-order valence-electron chi connectivity index (χ2n) is 6.75. The third-order valence-corrected chi connectivity index (χ3v) is 5.01. The SMILES string of the molecule is CC(=O)N1[C@@H](c2c(C)[nH]n(-c3ccccc3)c2=O)CCN1c1ccccc1. The molecule has 4 rings (SSSR count). The number of carbonyl (C=O) groups excluding carboxylic acids is 1. The van der Waals surface area contributed by atoms with Crippen molar-refractivity contribution in [1.29, 1.82) is 0 Å². The molecular formula is C21H22N4O2. The number of aryl methyl sites for hydroxylation is 1. The van der Waals surface area contributed by atoms with Crippen molar-refractivity contribution in [1.82, 2.24) is 14.8 Å². The standard InChI is InChI=1S/C21H22N4O2/c1-15-20(21(27)24(22-15)18-11-7-4-8-12-18)19-13-14-23(25(19)16(2)26)17-9-5-3-6-10-17/h3-12,19,22H,13-14H2,1-2H3/t19-/m1/s1. The van der Waals surface area contributed by atoms with E-state index < -0.39 is 0 Å². The van der Waals surface area contributed by atoms with Crippen LogP contribution in [0.25, 0.3) is 5.69 Å². The van der Waals surface area contributed by atoms with Crippen molar-refractivity contribution in [2.24, 2.45) is 0 Å². The van der Waals surface area contributed by atoms with Crippen molar-refractivity contribution in [3.63, 3.8) is 0 Å². The molecule has 0 bridgehead atoms. The van der Waals surface area contributed by atoms with Gasteiger partial charge >= 0.3 is 0 Å². The van der Waals surface area contributed by atoms with Gasteiger partial charge in [-0.25, -0.2) is 9.69 Å². The molecule has 2 aromatic carbocycles. The number of carbonyl (C=O) groups is 1. The zero-order chi connectivity index (χ0) is 19.0. The highest BCUT2D eigenvalue weighted by molar-refractivity contribution is 5.77. The maximum atomic E-state index is 13.2. The number of hydrazine groups is 1. The van der Waals surface area contributed by atoms with Crippen LogP contribution in [0.1, 0.15) is 30.6 Å². The highest BCUT2D eigenvalue weighted by Gasteiger charge is 2.38. The zero-order valence-electron chi connectivity index (χ0n) is 15.4. The number of rotatable bonds is 3. The van der Waals surface area contributed by atoms with E-state index in [-0.39, 0.29) is 17.5 Å². The third-order valence-electron chi connectivity index (χ3n) is 5.01. The largest absolute Gasteiger partial charge is 0.295 e. The summed E-state index contributed by atoms with van der Waals surface area (Å²) in [5, 5.41) is 6.84. The second-order valence-corrected chi connectivity index (χ2v) is 6.75. The first kappa shape index (κ1) is 17.1. The topological polar surface area (TPSA) is 61.3 Å². The summed E-state index contributed by atoms with van der Waals surface area (Å²) < 4.78 is 1.55. The number of H-pyrrole nitrogens is 1. The molecule has 1 aromatic heterocycles. The maximum Gasteiger partial charge on any atom is 0.276 e. The van der Waals surface area contributed by atoms with E-state index in [9.17, 15) is 9.59 Å². The number of anilines is 1. The van der Waals surface area contributed by atoms with Crippen molar-refractivity contribution < 1.29 is 4.79 Å². The second kappa shape index (κ2) is 6.79. The van der Waals surface area contributed by atoms with Crippen LogP contribution in [-0.4, -0.2) is 27.2 Å². The molecule has 138 valence electrons. The molecule has 6 heteroatoms. The highest BCUT2D eigenvalue weighted by Crippen LogP contribution is 2.35. The van der Waals surface area contributed by atoms with Crippen molar-refractivity contribution >= 4 is 11.6 Å². The predicted octanol–water partition coefficient (Wildman–Crippen LogP) is 3.19. The molecule has 27 heavy (non-hydrogen) atoms. The molecule has 3 aromatic rings. The highest BCUT2D eigenvalue weighted by atomic mass is 16.2. The lowest BCUT2D eigenvalue weighted by molar-refractivity contribution is -0.130. The number of benzene rings is 2. The maximum absolute atomic E-state index is 13.2. The van der Waals surface area contributed by atoms with Gasteiger partial charge in [-0.2, -0.15) is 0 Å². The quantitative estimate of drug-likeness (QED) is 0.778. The first-order chi connectivity index (χ1) is 13.1. The van der Waals surface area contributed by atoms with Crippen molar-refractivity contribution in [3.05, 3.63) is 82.3 Å². The van der Waals surface area contributed by atoms with Crippen molar-refractivity contribution in [3.8, 4) is 5.69 Å². The van der Waals surface area contributed by atoms with E-state index >= 15 is 0 Å². The molecule has 1 fully saturated rings. The minimum atomic E-state index is -0.281. The number of hydrogen-bond donors (Lipinski definition) is 1. The summed E-state index contributed by atoms with van der Waals surface area (Å²) in [6.07, 6.45) is 0.706. The zero-order valence-corrected chi connectivity index (χ0v) is 15.4. The molecule has 1 aliphatic heterocycles. The first-order valence-electron chi connectivity index (χ1n) is 9.07. The molecule has 1 N–H and O–H groups in total. The Kier molecular flexibility index (Phi) is 4.32. The van der Waals surface area contributed by atoms with Gasteiger partial charge in [0.1, 0.15) is 0 Å². The Morgan fingerprint density at radius 1 is 1.00 bits per heavy atom. The van der Waals surface area contributed by atoms with Crippen molar-refractivity contribution in [2.75, 3.05) is 11.6 Å². The molecule has 2 heterocycles. The molecule has 0 spiro atoms. The fourth-order valence-electron chi connectivity index (χ4n) is 3.86. The third kappa shape index (κ3) is 2.93. The van der Waals surface area contributed by atoms with Crippen LogP contribution in [0.4, 0.5) is 5.69 Å². The summed E-state index contributed by atoms with van der Waals surface area (Å²) in [6.45, 7) is 4.12. The van der Waals surface area contributed by atoms with Crippen LogP contribution in [0.3, 0.4) is 0 Å². The van der Waals surface area contributed by atoms with Gasteiger partial charge in [-0.05, 0) is 37.6 Å². The minimum Gasteiger partial charge on any atom is -0.295 e. The molecular weight excluding hydrogens is 340 g/mol. The van der Waals surface area contributed by atoms with E-state index in [0.29, 0.717) is 18.5 Å². The number of hydrogen-bond acceptors (Lipinski definition) is 3. The Morgan fingerprint density at radius 2 is 1.59 bits per heavy atom. The Hall–Kier alpha value is -3.28. The molecule has 0 radical (unpaired) electrons. The van der Waals surface area contributed by atoms with E-state index in [1.54, 1.807) is 16.6 Å². The number of nitrogens with one attached hydrogen (secondary N) is 1.